The Morgan fingerprint density at radius 3 is 2.54 bits per heavy atom. The average molecular weight is 271 g/mol. The summed E-state index contributed by atoms with van der Waals surface area (Å²) in [6.45, 7) is 0. The van der Waals surface area contributed by atoms with Crippen LogP contribution in [0.4, 0.5) is 8.28 Å². The zero-order valence-electron chi connectivity index (χ0n) is 6.30. The highest BCUT2D eigenvalue weighted by Crippen LogP contribution is 2.18. The maximum atomic E-state index is 12.8. The molecule has 0 fully saturated rings. The van der Waals surface area contributed by atoms with Gasteiger partial charge in [0.1, 0.15) is 11.6 Å². The number of halogens is 3. The van der Waals surface area contributed by atoms with Crippen LogP contribution in [0.15, 0.2) is 22.7 Å². The van der Waals surface area contributed by atoms with Crippen molar-refractivity contribution in [2.75, 3.05) is 0 Å². The van der Waals surface area contributed by atoms with Gasteiger partial charge in [-0.15, -0.1) is 3.89 Å². The highest BCUT2D eigenvalue weighted by Gasteiger charge is 2.12. The van der Waals surface area contributed by atoms with Crippen molar-refractivity contribution < 1.29 is 16.7 Å². The Hall–Kier alpha value is -0.490. The molecule has 0 N–H and O–H groups in total. The molecule has 0 radical (unpaired) electrons. The van der Waals surface area contributed by atoms with Gasteiger partial charge in [-0.3, -0.25) is 0 Å². The molecule has 1 rings (SSSR count). The van der Waals surface area contributed by atoms with Crippen molar-refractivity contribution in [1.29, 1.82) is 0 Å². The molecule has 0 heterocycles. The highest BCUT2D eigenvalue weighted by atomic mass is 79.9. The molecule has 0 bridgehead atoms. The lowest BCUT2D eigenvalue weighted by Gasteiger charge is -1.99. The second-order valence-electron chi connectivity index (χ2n) is 2.42. The van der Waals surface area contributed by atoms with Crippen LogP contribution in [-0.4, -0.2) is 8.42 Å². The summed E-state index contributed by atoms with van der Waals surface area (Å²) in [6.07, 6.45) is 0. The topological polar surface area (TPSA) is 34.1 Å². The maximum absolute atomic E-state index is 12.8. The van der Waals surface area contributed by atoms with E-state index in [2.05, 4.69) is 15.9 Å². The first-order valence-corrected chi connectivity index (χ1v) is 5.59. The molecular formula is C7H5BrF2O2S. The monoisotopic (exact) mass is 270 g/mol. The van der Waals surface area contributed by atoms with E-state index in [9.17, 15) is 16.7 Å². The van der Waals surface area contributed by atoms with Crippen LogP contribution in [0, 0.1) is 5.82 Å². The Morgan fingerprint density at radius 1 is 1.38 bits per heavy atom. The molecule has 1 aromatic carbocycles. The fourth-order valence-corrected chi connectivity index (χ4v) is 1.84. The van der Waals surface area contributed by atoms with E-state index in [4.69, 9.17) is 0 Å². The zero-order valence-corrected chi connectivity index (χ0v) is 8.70. The van der Waals surface area contributed by atoms with Gasteiger partial charge >= 0.3 is 10.2 Å². The van der Waals surface area contributed by atoms with Gasteiger partial charge in [-0.05, 0) is 18.2 Å². The molecule has 0 aliphatic rings. The smallest absolute Gasteiger partial charge is 0.207 e. The number of benzene rings is 1. The summed E-state index contributed by atoms with van der Waals surface area (Å²) >= 11 is 3.02. The summed E-state index contributed by atoms with van der Waals surface area (Å²) < 4.78 is 46.0. The molecule has 0 aliphatic carbocycles. The predicted molar refractivity (Wildman–Crippen MR) is 47.8 cm³/mol. The third-order valence-corrected chi connectivity index (χ3v) is 2.48. The Balaban J connectivity index is 3.08. The quantitative estimate of drug-likeness (QED) is 0.774. The highest BCUT2D eigenvalue weighted by molar-refractivity contribution is 9.10. The van der Waals surface area contributed by atoms with Gasteiger partial charge < -0.3 is 0 Å². The van der Waals surface area contributed by atoms with E-state index in [0.29, 0.717) is 4.47 Å². The fourth-order valence-electron chi connectivity index (χ4n) is 0.840. The van der Waals surface area contributed by atoms with Gasteiger partial charge in [0.2, 0.25) is 0 Å². The molecule has 13 heavy (non-hydrogen) atoms. The van der Waals surface area contributed by atoms with Gasteiger partial charge in [-0.25, -0.2) is 4.39 Å². The minimum Gasteiger partial charge on any atom is -0.207 e. The van der Waals surface area contributed by atoms with E-state index in [1.54, 1.807) is 0 Å². The molecule has 72 valence electrons. The molecule has 6 heteroatoms. The Morgan fingerprint density at radius 2 is 2.00 bits per heavy atom. The molecular weight excluding hydrogens is 266 g/mol. The summed E-state index contributed by atoms with van der Waals surface area (Å²) in [5.41, 5.74) is -0.183. The van der Waals surface area contributed by atoms with Crippen molar-refractivity contribution in [3.63, 3.8) is 0 Å². The maximum Gasteiger partial charge on any atom is 0.306 e. The van der Waals surface area contributed by atoms with E-state index in [-0.39, 0.29) is 5.56 Å². The summed E-state index contributed by atoms with van der Waals surface area (Å²) in [5.74, 6) is -1.66. The minimum absolute atomic E-state index is 0.183. The van der Waals surface area contributed by atoms with E-state index in [1.807, 2.05) is 0 Å². The largest absolute Gasteiger partial charge is 0.306 e. The Kier molecular flexibility index (Phi) is 3.02. The van der Waals surface area contributed by atoms with Crippen LogP contribution in [0.25, 0.3) is 0 Å². The average Bonchev–Trinajstić information content (AvgIpc) is 1.94. The first-order valence-electron chi connectivity index (χ1n) is 3.25. The minimum atomic E-state index is -4.68. The van der Waals surface area contributed by atoms with Crippen LogP contribution in [0.3, 0.4) is 0 Å². The van der Waals surface area contributed by atoms with Crippen LogP contribution in [0.2, 0.25) is 0 Å². The van der Waals surface area contributed by atoms with Crippen molar-refractivity contribution >= 4 is 26.2 Å². The van der Waals surface area contributed by atoms with Crippen LogP contribution in [-0.2, 0) is 16.0 Å². The van der Waals surface area contributed by atoms with Crippen LogP contribution < -0.4 is 0 Å². The Bertz CT molecular complexity index is 417. The van der Waals surface area contributed by atoms with E-state index in [1.165, 1.54) is 12.1 Å². The van der Waals surface area contributed by atoms with Gasteiger partial charge in [-0.2, -0.15) is 8.42 Å². The number of hydrogen-bond donors (Lipinski definition) is 0. The SMILES string of the molecule is O=S(=O)(F)Cc1cc(Br)ccc1F. The van der Waals surface area contributed by atoms with Gasteiger partial charge in [0.05, 0.1) is 0 Å². The van der Waals surface area contributed by atoms with Crippen molar-refractivity contribution in [3.8, 4) is 0 Å². The standard InChI is InChI=1S/C7H5BrF2O2S/c8-6-1-2-7(9)5(3-6)4-13(10,11)12/h1-3H,4H2. The fraction of sp³-hybridized carbons (Fsp3) is 0.143. The predicted octanol–water partition coefficient (Wildman–Crippen LogP) is 2.39. The summed E-state index contributed by atoms with van der Waals surface area (Å²) in [6, 6.07) is 3.71. The Labute approximate surface area is 82.9 Å². The molecule has 0 unspecified atom stereocenters. The van der Waals surface area contributed by atoms with E-state index in [0.717, 1.165) is 6.07 Å². The van der Waals surface area contributed by atoms with E-state index >= 15 is 0 Å². The van der Waals surface area contributed by atoms with Crippen molar-refractivity contribution in [3.05, 3.63) is 34.1 Å². The van der Waals surface area contributed by atoms with E-state index < -0.39 is 21.8 Å². The molecule has 0 atom stereocenters. The molecule has 0 spiro atoms. The van der Waals surface area contributed by atoms with Crippen molar-refractivity contribution in [2.45, 2.75) is 5.75 Å². The normalized spacial score (nSPS) is 11.6. The second-order valence-corrected chi connectivity index (χ2v) is 4.70. The van der Waals surface area contributed by atoms with Gasteiger partial charge in [-0.1, -0.05) is 15.9 Å². The van der Waals surface area contributed by atoms with Crippen molar-refractivity contribution in [2.24, 2.45) is 0 Å². The summed E-state index contributed by atoms with van der Waals surface area (Å²) in [4.78, 5) is 0. The molecule has 0 saturated heterocycles. The molecule has 1 aromatic rings. The lowest BCUT2D eigenvalue weighted by molar-refractivity contribution is 0.547. The molecule has 0 saturated carbocycles. The first-order chi connectivity index (χ1) is 5.88. The molecule has 2 nitrogen and oxygen atoms in total. The lowest BCUT2D eigenvalue weighted by Crippen LogP contribution is -1.98. The second kappa shape index (κ2) is 3.71. The van der Waals surface area contributed by atoms with Crippen molar-refractivity contribution in [1.82, 2.24) is 0 Å². The lowest BCUT2D eigenvalue weighted by atomic mass is 10.2. The van der Waals surface area contributed by atoms with Gasteiger partial charge in [0, 0.05) is 10.0 Å². The summed E-state index contributed by atoms with van der Waals surface area (Å²) in [5, 5.41) is 0. The number of hydrogen-bond acceptors (Lipinski definition) is 2. The third-order valence-electron chi connectivity index (χ3n) is 1.34. The first kappa shape index (κ1) is 10.6. The van der Waals surface area contributed by atoms with Gasteiger partial charge in [0.15, 0.2) is 0 Å². The van der Waals surface area contributed by atoms with Crippen LogP contribution in [0.1, 0.15) is 5.56 Å². The van der Waals surface area contributed by atoms with Crippen LogP contribution in [0.5, 0.6) is 0 Å². The molecule has 0 aromatic heterocycles. The molecule has 0 aliphatic heterocycles. The van der Waals surface area contributed by atoms with Gasteiger partial charge in [0.25, 0.3) is 0 Å². The van der Waals surface area contributed by atoms with Crippen LogP contribution >= 0.6 is 15.9 Å². The third kappa shape index (κ3) is 3.40. The zero-order chi connectivity index (χ0) is 10.1. The number of rotatable bonds is 2. The molecule has 0 amide bonds. The summed E-state index contributed by atoms with van der Waals surface area (Å²) in [7, 11) is -4.68.